The summed E-state index contributed by atoms with van der Waals surface area (Å²) in [7, 11) is 0. The van der Waals surface area contributed by atoms with Crippen LogP contribution >= 0.6 is 0 Å². The summed E-state index contributed by atoms with van der Waals surface area (Å²) < 4.78 is 19.1. The molecule has 2 heterocycles. The second kappa shape index (κ2) is 6.10. The Hall–Kier alpha value is -2.64. The van der Waals surface area contributed by atoms with Crippen LogP contribution in [0.3, 0.4) is 0 Å². The minimum Gasteiger partial charge on any atom is -0.480 e. The number of carboxylic acids is 1. The largest absolute Gasteiger partial charge is 0.480 e. The van der Waals surface area contributed by atoms with Crippen molar-refractivity contribution in [3.05, 3.63) is 35.1 Å². The van der Waals surface area contributed by atoms with Gasteiger partial charge < -0.3 is 14.7 Å². The molecule has 2 amide bonds. The van der Waals surface area contributed by atoms with Gasteiger partial charge in [-0.15, -0.1) is 0 Å². The quantitative estimate of drug-likeness (QED) is 0.881. The van der Waals surface area contributed by atoms with E-state index in [1.54, 1.807) is 12.1 Å². The lowest BCUT2D eigenvalue weighted by molar-refractivity contribution is -0.147. The average Bonchev–Trinajstić information content (AvgIpc) is 3.12. The van der Waals surface area contributed by atoms with Crippen LogP contribution < -0.4 is 0 Å². The highest BCUT2D eigenvalue weighted by atomic mass is 19.1. The Labute approximate surface area is 137 Å². The fourth-order valence-electron chi connectivity index (χ4n) is 3.19. The van der Waals surface area contributed by atoms with Crippen molar-refractivity contribution < 1.29 is 28.6 Å². The van der Waals surface area contributed by atoms with Crippen molar-refractivity contribution in [1.82, 2.24) is 9.80 Å². The van der Waals surface area contributed by atoms with Gasteiger partial charge in [-0.2, -0.15) is 0 Å². The second-order valence-electron chi connectivity index (χ2n) is 6.00. The van der Waals surface area contributed by atoms with E-state index in [1.165, 1.54) is 22.8 Å². The zero-order chi connectivity index (χ0) is 17.4. The van der Waals surface area contributed by atoms with Crippen LogP contribution in [0.5, 0.6) is 0 Å². The molecule has 0 spiro atoms. The first-order chi connectivity index (χ1) is 11.4. The van der Waals surface area contributed by atoms with Crippen molar-refractivity contribution in [2.24, 2.45) is 0 Å². The lowest BCUT2D eigenvalue weighted by Crippen LogP contribution is -2.39. The highest BCUT2D eigenvalue weighted by Crippen LogP contribution is 2.27. The van der Waals surface area contributed by atoms with E-state index in [0.717, 1.165) is 5.56 Å². The first-order valence-electron chi connectivity index (χ1n) is 7.58. The van der Waals surface area contributed by atoms with E-state index in [2.05, 4.69) is 0 Å². The molecule has 1 aromatic rings. The third kappa shape index (κ3) is 2.91. The molecule has 8 heteroatoms. The van der Waals surface area contributed by atoms with Gasteiger partial charge in [-0.1, -0.05) is 12.1 Å². The van der Waals surface area contributed by atoms with E-state index in [-0.39, 0.29) is 37.8 Å². The van der Waals surface area contributed by atoms with Crippen LogP contribution in [0, 0.1) is 5.82 Å². The van der Waals surface area contributed by atoms with Crippen LogP contribution in [0.4, 0.5) is 9.18 Å². The van der Waals surface area contributed by atoms with Crippen molar-refractivity contribution in [2.45, 2.75) is 38.6 Å². The number of benzene rings is 1. The molecule has 1 aromatic carbocycles. The molecule has 3 rings (SSSR count). The summed E-state index contributed by atoms with van der Waals surface area (Å²) in [6.45, 7) is 1.69. The Morgan fingerprint density at radius 1 is 1.29 bits per heavy atom. The number of nitrogens with zero attached hydrogens (tertiary/aromatic N) is 2. The number of carboxylic acid groups (broad SMARTS) is 1. The number of aliphatic carboxylic acids is 1. The molecule has 0 bridgehead atoms. The van der Waals surface area contributed by atoms with E-state index >= 15 is 0 Å². The van der Waals surface area contributed by atoms with Crippen LogP contribution in [-0.2, 0) is 27.4 Å². The molecule has 128 valence electrons. The van der Waals surface area contributed by atoms with Crippen molar-refractivity contribution >= 4 is 18.0 Å². The number of likely N-dealkylation sites (tertiary alicyclic amines) is 1. The van der Waals surface area contributed by atoms with Gasteiger partial charge >= 0.3 is 12.1 Å². The average molecular weight is 336 g/mol. The normalized spacial score (nSPS) is 22.4. The minimum absolute atomic E-state index is 0.0488. The summed E-state index contributed by atoms with van der Waals surface area (Å²) in [6, 6.07) is 3.68. The van der Waals surface area contributed by atoms with Gasteiger partial charge in [0.2, 0.25) is 5.91 Å². The molecule has 0 saturated carbocycles. The standard InChI is InChI=1S/C16H17FN2O5/c1-9(20)19-7-11(5-14(19)15(21)22)24-16(23)18-6-10-3-2-4-13(17)12(10)8-18/h2-4,11,14H,5-8H2,1H3,(H,21,22). The van der Waals surface area contributed by atoms with Gasteiger partial charge in [-0.25, -0.2) is 14.0 Å². The predicted octanol–water partition coefficient (Wildman–Crippen LogP) is 1.35. The van der Waals surface area contributed by atoms with E-state index in [9.17, 15) is 18.8 Å². The van der Waals surface area contributed by atoms with E-state index < -0.39 is 24.2 Å². The zero-order valence-electron chi connectivity index (χ0n) is 13.1. The van der Waals surface area contributed by atoms with Crippen LogP contribution in [0.1, 0.15) is 24.5 Å². The smallest absolute Gasteiger partial charge is 0.410 e. The molecule has 2 atom stereocenters. The van der Waals surface area contributed by atoms with E-state index in [4.69, 9.17) is 9.84 Å². The number of hydrogen-bond acceptors (Lipinski definition) is 4. The third-order valence-electron chi connectivity index (χ3n) is 4.40. The Kier molecular flexibility index (Phi) is 4.13. The highest BCUT2D eigenvalue weighted by Gasteiger charge is 2.41. The molecule has 1 saturated heterocycles. The van der Waals surface area contributed by atoms with Crippen molar-refractivity contribution in [3.8, 4) is 0 Å². The predicted molar refractivity (Wildman–Crippen MR) is 79.3 cm³/mol. The fraction of sp³-hybridized carbons (Fsp3) is 0.438. The number of amides is 2. The molecule has 2 aliphatic heterocycles. The molecule has 24 heavy (non-hydrogen) atoms. The Bertz CT molecular complexity index is 686. The van der Waals surface area contributed by atoms with Crippen molar-refractivity contribution in [2.75, 3.05) is 6.54 Å². The molecule has 2 unspecified atom stereocenters. The van der Waals surface area contributed by atoms with Crippen LogP contribution in [-0.4, -0.2) is 51.6 Å². The number of halogens is 1. The monoisotopic (exact) mass is 336 g/mol. The summed E-state index contributed by atoms with van der Waals surface area (Å²) in [5.41, 5.74) is 1.20. The number of ether oxygens (including phenoxy) is 1. The summed E-state index contributed by atoms with van der Waals surface area (Å²) >= 11 is 0. The van der Waals surface area contributed by atoms with Crippen molar-refractivity contribution in [3.63, 3.8) is 0 Å². The third-order valence-corrected chi connectivity index (χ3v) is 4.40. The van der Waals surface area contributed by atoms with Crippen LogP contribution in [0.15, 0.2) is 18.2 Å². The van der Waals surface area contributed by atoms with E-state index in [1.807, 2.05) is 0 Å². The molecule has 1 N–H and O–H groups in total. The Balaban J connectivity index is 1.64. The minimum atomic E-state index is -1.13. The lowest BCUT2D eigenvalue weighted by Gasteiger charge is -2.20. The first-order valence-corrected chi connectivity index (χ1v) is 7.58. The number of fused-ring (bicyclic) bond motifs is 1. The molecule has 0 radical (unpaired) electrons. The molecule has 1 fully saturated rings. The van der Waals surface area contributed by atoms with Gasteiger partial charge in [0, 0.05) is 25.5 Å². The SMILES string of the molecule is CC(=O)N1CC(OC(=O)N2Cc3cccc(F)c3C2)CC1C(=O)O. The summed E-state index contributed by atoms with van der Waals surface area (Å²) in [5, 5.41) is 9.16. The maximum atomic E-state index is 13.7. The molecule has 7 nitrogen and oxygen atoms in total. The topological polar surface area (TPSA) is 87.2 Å². The maximum Gasteiger partial charge on any atom is 0.410 e. The van der Waals surface area contributed by atoms with Gasteiger partial charge in [0.15, 0.2) is 0 Å². The summed E-state index contributed by atoms with van der Waals surface area (Å²) in [6.07, 6.45) is -1.27. The summed E-state index contributed by atoms with van der Waals surface area (Å²) in [4.78, 5) is 37.5. The number of hydrogen-bond donors (Lipinski definition) is 1. The van der Waals surface area contributed by atoms with Gasteiger partial charge in [-0.3, -0.25) is 9.69 Å². The number of carbonyl (C=O) groups excluding carboxylic acids is 2. The van der Waals surface area contributed by atoms with Gasteiger partial charge in [0.05, 0.1) is 13.1 Å². The second-order valence-corrected chi connectivity index (χ2v) is 6.00. The molecule has 0 aliphatic carbocycles. The van der Waals surface area contributed by atoms with Gasteiger partial charge in [0.1, 0.15) is 18.0 Å². The molecule has 0 aromatic heterocycles. The van der Waals surface area contributed by atoms with Crippen LogP contribution in [0.25, 0.3) is 0 Å². The Morgan fingerprint density at radius 3 is 2.62 bits per heavy atom. The molecular formula is C16H17FN2O5. The highest BCUT2D eigenvalue weighted by molar-refractivity contribution is 5.83. The number of carbonyl (C=O) groups is 3. The van der Waals surface area contributed by atoms with Crippen LogP contribution in [0.2, 0.25) is 0 Å². The molecule has 2 aliphatic rings. The Morgan fingerprint density at radius 2 is 2.04 bits per heavy atom. The fourth-order valence-corrected chi connectivity index (χ4v) is 3.19. The summed E-state index contributed by atoms with van der Waals surface area (Å²) in [5.74, 6) is -1.87. The van der Waals surface area contributed by atoms with E-state index in [0.29, 0.717) is 5.56 Å². The maximum absolute atomic E-state index is 13.7. The van der Waals surface area contributed by atoms with Gasteiger partial charge in [-0.05, 0) is 11.6 Å². The zero-order valence-corrected chi connectivity index (χ0v) is 13.1. The van der Waals surface area contributed by atoms with Crippen molar-refractivity contribution in [1.29, 1.82) is 0 Å². The lowest BCUT2D eigenvalue weighted by atomic mass is 10.1. The van der Waals surface area contributed by atoms with Gasteiger partial charge in [0.25, 0.3) is 0 Å². The first kappa shape index (κ1) is 16.2. The molecular weight excluding hydrogens is 319 g/mol. The number of rotatable bonds is 2.